The Morgan fingerprint density at radius 1 is 1.33 bits per heavy atom. The zero-order chi connectivity index (χ0) is 15.1. The molecule has 0 aliphatic rings. The van der Waals surface area contributed by atoms with Gasteiger partial charge in [0.25, 0.3) is 0 Å². The first-order valence-corrected chi connectivity index (χ1v) is 6.41. The number of carbonyl (C=O) groups is 1. The molecule has 1 heterocycles. The lowest BCUT2D eigenvalue weighted by molar-refractivity contribution is -0.117. The molecule has 0 saturated carbocycles. The van der Waals surface area contributed by atoms with Gasteiger partial charge in [-0.2, -0.15) is 5.26 Å². The maximum absolute atomic E-state index is 11.9. The summed E-state index contributed by atoms with van der Waals surface area (Å²) in [6, 6.07) is 8.78. The van der Waals surface area contributed by atoms with Crippen LogP contribution in [0.2, 0.25) is 0 Å². The van der Waals surface area contributed by atoms with E-state index in [0.717, 1.165) is 5.69 Å². The third kappa shape index (κ3) is 4.67. The van der Waals surface area contributed by atoms with Gasteiger partial charge in [0.2, 0.25) is 5.91 Å². The molecular weight excluding hydrogens is 266 g/mol. The number of nitrogens with zero attached hydrogens (tertiary/aromatic N) is 4. The Morgan fingerprint density at radius 3 is 2.71 bits per heavy atom. The Bertz CT molecular complexity index is 633. The van der Waals surface area contributed by atoms with E-state index in [1.54, 1.807) is 42.9 Å². The third-order valence-electron chi connectivity index (χ3n) is 2.76. The number of nitrogens with one attached hydrogen (secondary N) is 1. The Morgan fingerprint density at radius 2 is 2.10 bits per heavy atom. The number of benzene rings is 1. The van der Waals surface area contributed by atoms with Crippen LogP contribution in [-0.4, -0.2) is 34.4 Å². The second kappa shape index (κ2) is 7.12. The maximum atomic E-state index is 11.9. The van der Waals surface area contributed by atoms with E-state index in [9.17, 15) is 4.79 Å². The average molecular weight is 281 g/mol. The minimum atomic E-state index is -0.119. The van der Waals surface area contributed by atoms with Gasteiger partial charge in [0.15, 0.2) is 0 Å². The van der Waals surface area contributed by atoms with Gasteiger partial charge in [-0.25, -0.2) is 0 Å². The fraction of sp³-hybridized carbons (Fsp3) is 0.200. The molecule has 1 N–H and O–H groups in total. The summed E-state index contributed by atoms with van der Waals surface area (Å²) < 4.78 is 0. The predicted molar refractivity (Wildman–Crippen MR) is 78.2 cm³/mol. The third-order valence-corrected chi connectivity index (χ3v) is 2.76. The molecule has 6 nitrogen and oxygen atoms in total. The molecule has 0 aliphatic heterocycles. The Balaban J connectivity index is 1.85. The Kier molecular flexibility index (Phi) is 4.96. The molecule has 0 radical (unpaired) electrons. The van der Waals surface area contributed by atoms with E-state index < -0.39 is 0 Å². The normalized spacial score (nSPS) is 10.1. The number of aromatic nitrogens is 2. The molecule has 0 aliphatic carbocycles. The number of hydrogen-bond acceptors (Lipinski definition) is 5. The number of hydrogen-bond donors (Lipinski definition) is 1. The summed E-state index contributed by atoms with van der Waals surface area (Å²) >= 11 is 0. The van der Waals surface area contributed by atoms with Crippen molar-refractivity contribution >= 4 is 11.6 Å². The van der Waals surface area contributed by atoms with Gasteiger partial charge in [0, 0.05) is 30.8 Å². The van der Waals surface area contributed by atoms with Crippen molar-refractivity contribution < 1.29 is 4.79 Å². The molecule has 0 fully saturated rings. The fourth-order valence-electron chi connectivity index (χ4n) is 1.82. The molecule has 6 heteroatoms. The maximum Gasteiger partial charge on any atom is 0.238 e. The summed E-state index contributed by atoms with van der Waals surface area (Å²) in [5.41, 5.74) is 2.05. The van der Waals surface area contributed by atoms with Gasteiger partial charge in [-0.15, -0.1) is 0 Å². The minimum Gasteiger partial charge on any atom is -0.325 e. The lowest BCUT2D eigenvalue weighted by Crippen LogP contribution is -2.30. The summed E-state index contributed by atoms with van der Waals surface area (Å²) in [5, 5.41) is 11.5. The molecule has 0 atom stereocenters. The second-order valence-electron chi connectivity index (χ2n) is 4.61. The van der Waals surface area contributed by atoms with E-state index >= 15 is 0 Å². The lowest BCUT2D eigenvalue weighted by atomic mass is 10.2. The van der Waals surface area contributed by atoms with Crippen LogP contribution in [0.15, 0.2) is 42.9 Å². The molecule has 2 rings (SSSR count). The quantitative estimate of drug-likeness (QED) is 0.896. The number of anilines is 1. The SMILES string of the molecule is CN(CC(=O)Nc1ccc(C#N)cc1)Cc1cnccn1. The van der Waals surface area contributed by atoms with Crippen molar-refractivity contribution in [3.05, 3.63) is 54.1 Å². The number of amides is 1. The van der Waals surface area contributed by atoms with Crippen molar-refractivity contribution in [1.82, 2.24) is 14.9 Å². The fourth-order valence-corrected chi connectivity index (χ4v) is 1.82. The highest BCUT2D eigenvalue weighted by molar-refractivity contribution is 5.92. The van der Waals surface area contributed by atoms with Crippen LogP contribution < -0.4 is 5.32 Å². The molecule has 0 bridgehead atoms. The second-order valence-corrected chi connectivity index (χ2v) is 4.61. The van der Waals surface area contributed by atoms with Crippen molar-refractivity contribution in [2.45, 2.75) is 6.54 Å². The molecule has 1 aromatic carbocycles. The molecule has 0 spiro atoms. The first kappa shape index (κ1) is 14.6. The van der Waals surface area contributed by atoms with Gasteiger partial charge in [-0.3, -0.25) is 19.7 Å². The van der Waals surface area contributed by atoms with Crippen LogP contribution in [0, 0.1) is 11.3 Å². The van der Waals surface area contributed by atoms with Crippen molar-refractivity contribution in [2.75, 3.05) is 18.9 Å². The molecule has 21 heavy (non-hydrogen) atoms. The highest BCUT2D eigenvalue weighted by Gasteiger charge is 2.08. The molecule has 0 unspecified atom stereocenters. The van der Waals surface area contributed by atoms with Crippen molar-refractivity contribution in [1.29, 1.82) is 5.26 Å². The van der Waals surface area contributed by atoms with E-state index in [1.165, 1.54) is 0 Å². The van der Waals surface area contributed by atoms with E-state index in [-0.39, 0.29) is 12.5 Å². The smallest absolute Gasteiger partial charge is 0.238 e. The number of carbonyl (C=O) groups excluding carboxylic acids is 1. The minimum absolute atomic E-state index is 0.119. The summed E-state index contributed by atoms with van der Waals surface area (Å²) in [6.45, 7) is 0.797. The van der Waals surface area contributed by atoms with Crippen LogP contribution in [0.4, 0.5) is 5.69 Å². The summed E-state index contributed by atoms with van der Waals surface area (Å²) in [7, 11) is 1.84. The monoisotopic (exact) mass is 281 g/mol. The van der Waals surface area contributed by atoms with Crippen molar-refractivity contribution in [3.63, 3.8) is 0 Å². The van der Waals surface area contributed by atoms with E-state index in [4.69, 9.17) is 5.26 Å². The van der Waals surface area contributed by atoms with Crippen molar-refractivity contribution in [2.24, 2.45) is 0 Å². The van der Waals surface area contributed by atoms with Crippen LogP contribution in [0.25, 0.3) is 0 Å². The van der Waals surface area contributed by atoms with Gasteiger partial charge >= 0.3 is 0 Å². The number of rotatable bonds is 5. The molecular formula is C15H15N5O. The molecule has 1 amide bonds. The first-order chi connectivity index (χ1) is 10.2. The summed E-state index contributed by atoms with van der Waals surface area (Å²) in [6.07, 6.45) is 4.91. The summed E-state index contributed by atoms with van der Waals surface area (Å²) in [5.74, 6) is -0.119. The van der Waals surface area contributed by atoms with E-state index in [1.807, 2.05) is 18.0 Å². The number of nitriles is 1. The lowest BCUT2D eigenvalue weighted by Gasteiger charge is -2.15. The zero-order valence-corrected chi connectivity index (χ0v) is 11.7. The molecule has 0 saturated heterocycles. The molecule has 2 aromatic rings. The first-order valence-electron chi connectivity index (χ1n) is 6.41. The average Bonchev–Trinajstić information content (AvgIpc) is 2.48. The Hall–Kier alpha value is -2.78. The standard InChI is InChI=1S/C15H15N5O/c1-20(10-14-9-17-6-7-18-14)11-15(21)19-13-4-2-12(8-16)3-5-13/h2-7,9H,10-11H2,1H3,(H,19,21). The van der Waals surface area contributed by atoms with Gasteiger partial charge in [-0.05, 0) is 31.3 Å². The van der Waals surface area contributed by atoms with E-state index in [0.29, 0.717) is 17.8 Å². The van der Waals surface area contributed by atoms with Crippen LogP contribution in [0.1, 0.15) is 11.3 Å². The molecule has 106 valence electrons. The van der Waals surface area contributed by atoms with Gasteiger partial charge in [0.1, 0.15) is 0 Å². The zero-order valence-electron chi connectivity index (χ0n) is 11.7. The van der Waals surface area contributed by atoms with Crippen LogP contribution in [-0.2, 0) is 11.3 Å². The topological polar surface area (TPSA) is 81.9 Å². The molecule has 1 aromatic heterocycles. The summed E-state index contributed by atoms with van der Waals surface area (Å²) in [4.78, 5) is 21.9. The van der Waals surface area contributed by atoms with Gasteiger partial charge in [0.05, 0.1) is 23.9 Å². The van der Waals surface area contributed by atoms with Gasteiger partial charge in [-0.1, -0.05) is 0 Å². The van der Waals surface area contributed by atoms with E-state index in [2.05, 4.69) is 15.3 Å². The van der Waals surface area contributed by atoms with Crippen LogP contribution >= 0.6 is 0 Å². The van der Waals surface area contributed by atoms with Crippen LogP contribution in [0.3, 0.4) is 0 Å². The highest BCUT2D eigenvalue weighted by Crippen LogP contribution is 2.08. The van der Waals surface area contributed by atoms with Gasteiger partial charge < -0.3 is 5.32 Å². The largest absolute Gasteiger partial charge is 0.325 e. The highest BCUT2D eigenvalue weighted by atomic mass is 16.2. The Labute approximate surface area is 123 Å². The van der Waals surface area contributed by atoms with Crippen LogP contribution in [0.5, 0.6) is 0 Å². The predicted octanol–water partition coefficient (Wildman–Crippen LogP) is 1.42. The number of likely N-dealkylation sites (N-methyl/N-ethyl adjacent to an activating group) is 1. The van der Waals surface area contributed by atoms with Crippen molar-refractivity contribution in [3.8, 4) is 6.07 Å².